The largest absolute Gasteiger partial charge is 0.467 e. The molecule has 37 heavy (non-hydrogen) atoms. The molecule has 4 rings (SSSR count). The van der Waals surface area contributed by atoms with Gasteiger partial charge in [0.25, 0.3) is 5.91 Å². The van der Waals surface area contributed by atoms with Gasteiger partial charge in [-0.15, -0.1) is 0 Å². The van der Waals surface area contributed by atoms with Gasteiger partial charge in [0, 0.05) is 22.1 Å². The second kappa shape index (κ2) is 10.6. The minimum Gasteiger partial charge on any atom is -0.467 e. The quantitative estimate of drug-likeness (QED) is 0.310. The third kappa shape index (κ3) is 6.30. The average molecular weight is 519 g/mol. The fourth-order valence-corrected chi connectivity index (χ4v) is 4.11. The third-order valence-corrected chi connectivity index (χ3v) is 6.22. The first kappa shape index (κ1) is 26.2. The topological polar surface area (TPSA) is 80.4 Å². The SMILES string of the molecule is Cc1ccc(-n2nc(C(C)(C)C)cc2NC(=O)CN(Cc2ccco2)C(=O)c2ccc(Cl)cc2)c(C)c1. The number of aryl methyl sites for hydroxylation is 2. The second-order valence-electron chi connectivity index (χ2n) is 10.2. The zero-order valence-corrected chi connectivity index (χ0v) is 22.5. The zero-order valence-electron chi connectivity index (χ0n) is 21.7. The number of carbonyl (C=O) groups excluding carboxylic acids is 2. The molecule has 0 aliphatic rings. The minimum absolute atomic E-state index is 0.144. The Bertz CT molecular complexity index is 1400. The van der Waals surface area contributed by atoms with E-state index in [9.17, 15) is 9.59 Å². The normalized spacial score (nSPS) is 11.4. The van der Waals surface area contributed by atoms with E-state index in [1.165, 1.54) is 11.2 Å². The molecule has 0 radical (unpaired) electrons. The molecule has 0 unspecified atom stereocenters. The van der Waals surface area contributed by atoms with Gasteiger partial charge in [0.15, 0.2) is 0 Å². The van der Waals surface area contributed by atoms with Crippen LogP contribution in [0.1, 0.15) is 53.7 Å². The van der Waals surface area contributed by atoms with Crippen molar-refractivity contribution in [3.8, 4) is 5.69 Å². The van der Waals surface area contributed by atoms with Crippen molar-refractivity contribution in [1.82, 2.24) is 14.7 Å². The first-order valence-corrected chi connectivity index (χ1v) is 12.4. The maximum atomic E-state index is 13.3. The van der Waals surface area contributed by atoms with Crippen molar-refractivity contribution in [2.75, 3.05) is 11.9 Å². The van der Waals surface area contributed by atoms with Crippen molar-refractivity contribution in [1.29, 1.82) is 0 Å². The molecular formula is C29H31ClN4O3. The minimum atomic E-state index is -0.347. The number of aromatic nitrogens is 2. The van der Waals surface area contributed by atoms with Gasteiger partial charge in [-0.05, 0) is 61.9 Å². The lowest BCUT2D eigenvalue weighted by atomic mass is 9.92. The first-order valence-electron chi connectivity index (χ1n) is 12.1. The lowest BCUT2D eigenvalue weighted by molar-refractivity contribution is -0.117. The fraction of sp³-hybridized carbons (Fsp3) is 0.276. The van der Waals surface area contributed by atoms with Crippen LogP contribution in [0.4, 0.5) is 5.82 Å². The number of carbonyl (C=O) groups is 2. The zero-order chi connectivity index (χ0) is 26.7. The molecule has 8 heteroatoms. The van der Waals surface area contributed by atoms with Crippen LogP contribution in [0.15, 0.2) is 71.3 Å². The van der Waals surface area contributed by atoms with E-state index in [1.54, 1.807) is 41.1 Å². The van der Waals surface area contributed by atoms with Gasteiger partial charge in [-0.1, -0.05) is 50.1 Å². The molecule has 0 fully saturated rings. The highest BCUT2D eigenvalue weighted by atomic mass is 35.5. The molecule has 4 aromatic rings. The van der Waals surface area contributed by atoms with Crippen molar-refractivity contribution in [2.24, 2.45) is 0 Å². The standard InChI is InChI=1S/C29H31ClN4O3/c1-19-8-13-24(20(2)15-19)34-26(16-25(32-34)29(3,4)5)31-27(35)18-33(17-23-7-6-14-37-23)28(36)21-9-11-22(30)12-10-21/h6-16H,17-18H2,1-5H3,(H,31,35). The highest BCUT2D eigenvalue weighted by Gasteiger charge is 2.24. The maximum Gasteiger partial charge on any atom is 0.254 e. The number of hydrogen-bond acceptors (Lipinski definition) is 4. The van der Waals surface area contributed by atoms with Gasteiger partial charge in [-0.3, -0.25) is 9.59 Å². The number of rotatable bonds is 7. The van der Waals surface area contributed by atoms with Crippen molar-refractivity contribution < 1.29 is 14.0 Å². The molecule has 0 spiro atoms. The number of amides is 2. The van der Waals surface area contributed by atoms with E-state index in [0.29, 0.717) is 22.2 Å². The Morgan fingerprint density at radius 1 is 1.05 bits per heavy atom. The van der Waals surface area contributed by atoms with Crippen molar-refractivity contribution >= 4 is 29.2 Å². The van der Waals surface area contributed by atoms with E-state index < -0.39 is 0 Å². The van der Waals surface area contributed by atoms with Crippen LogP contribution in [-0.2, 0) is 16.8 Å². The smallest absolute Gasteiger partial charge is 0.254 e. The number of nitrogens with one attached hydrogen (secondary N) is 1. The van der Waals surface area contributed by atoms with Crippen LogP contribution in [0.3, 0.4) is 0 Å². The molecule has 2 aromatic heterocycles. The molecule has 0 aliphatic carbocycles. The van der Waals surface area contributed by atoms with Crippen molar-refractivity contribution in [3.63, 3.8) is 0 Å². The summed E-state index contributed by atoms with van der Waals surface area (Å²) in [5.41, 5.74) is 4.10. The van der Waals surface area contributed by atoms with Crippen LogP contribution in [0, 0.1) is 13.8 Å². The van der Waals surface area contributed by atoms with E-state index in [0.717, 1.165) is 22.5 Å². The van der Waals surface area contributed by atoms with Crippen LogP contribution in [-0.4, -0.2) is 33.0 Å². The molecule has 7 nitrogen and oxygen atoms in total. The van der Waals surface area contributed by atoms with Gasteiger partial charge >= 0.3 is 0 Å². The molecule has 0 atom stereocenters. The monoisotopic (exact) mass is 518 g/mol. The number of benzene rings is 2. The van der Waals surface area contributed by atoms with E-state index >= 15 is 0 Å². The summed E-state index contributed by atoms with van der Waals surface area (Å²) in [6, 6.07) is 18.1. The highest BCUT2D eigenvalue weighted by molar-refractivity contribution is 6.30. The van der Waals surface area contributed by atoms with E-state index in [2.05, 4.69) is 32.2 Å². The van der Waals surface area contributed by atoms with Gasteiger partial charge in [0.05, 0.1) is 24.2 Å². The Kier molecular flexibility index (Phi) is 7.55. The predicted octanol–water partition coefficient (Wildman–Crippen LogP) is 6.31. The molecule has 0 saturated carbocycles. The molecule has 192 valence electrons. The van der Waals surface area contributed by atoms with Gasteiger partial charge < -0.3 is 14.6 Å². The molecule has 0 bridgehead atoms. The summed E-state index contributed by atoms with van der Waals surface area (Å²) < 4.78 is 7.20. The lowest BCUT2D eigenvalue weighted by Crippen LogP contribution is -2.37. The van der Waals surface area contributed by atoms with Gasteiger partial charge in [-0.25, -0.2) is 4.68 Å². The molecule has 0 aliphatic heterocycles. The Morgan fingerprint density at radius 2 is 1.78 bits per heavy atom. The molecule has 2 heterocycles. The lowest BCUT2D eigenvalue weighted by Gasteiger charge is -2.21. The Morgan fingerprint density at radius 3 is 2.41 bits per heavy atom. The number of hydrogen-bond donors (Lipinski definition) is 1. The Balaban J connectivity index is 1.63. The summed E-state index contributed by atoms with van der Waals surface area (Å²) in [4.78, 5) is 28.1. The van der Waals surface area contributed by atoms with Crippen LogP contribution in [0.25, 0.3) is 5.69 Å². The number of anilines is 1. The van der Waals surface area contributed by atoms with Crippen LogP contribution in [0.5, 0.6) is 0 Å². The van der Waals surface area contributed by atoms with Crippen molar-refractivity contribution in [2.45, 2.75) is 46.6 Å². The maximum absolute atomic E-state index is 13.3. The van der Waals surface area contributed by atoms with Crippen molar-refractivity contribution in [3.05, 3.63) is 100 Å². The molecule has 0 saturated heterocycles. The van der Waals surface area contributed by atoms with Crippen LogP contribution >= 0.6 is 11.6 Å². The third-order valence-electron chi connectivity index (χ3n) is 5.97. The van der Waals surface area contributed by atoms with Crippen LogP contribution < -0.4 is 5.32 Å². The number of furan rings is 1. The predicted molar refractivity (Wildman–Crippen MR) is 145 cm³/mol. The molecule has 2 aromatic carbocycles. The number of halogens is 1. The molecule has 2 amide bonds. The summed E-state index contributed by atoms with van der Waals surface area (Å²) in [6.45, 7) is 10.2. The fourth-order valence-electron chi connectivity index (χ4n) is 3.98. The van der Waals surface area contributed by atoms with E-state index in [-0.39, 0.29) is 30.3 Å². The number of nitrogens with zero attached hydrogens (tertiary/aromatic N) is 3. The average Bonchev–Trinajstić information content (AvgIpc) is 3.49. The molecule has 1 N–H and O–H groups in total. The molecular weight excluding hydrogens is 488 g/mol. The van der Waals surface area contributed by atoms with E-state index in [1.807, 2.05) is 32.0 Å². The first-order chi connectivity index (χ1) is 17.5. The van der Waals surface area contributed by atoms with Gasteiger partial charge in [0.1, 0.15) is 18.1 Å². The van der Waals surface area contributed by atoms with Gasteiger partial charge in [-0.2, -0.15) is 5.10 Å². The Labute approximate surface area is 222 Å². The highest BCUT2D eigenvalue weighted by Crippen LogP contribution is 2.28. The summed E-state index contributed by atoms with van der Waals surface area (Å²) in [7, 11) is 0. The summed E-state index contributed by atoms with van der Waals surface area (Å²) in [6.07, 6.45) is 1.54. The summed E-state index contributed by atoms with van der Waals surface area (Å²) in [5.74, 6) is 0.464. The summed E-state index contributed by atoms with van der Waals surface area (Å²) >= 11 is 5.99. The van der Waals surface area contributed by atoms with Crippen LogP contribution in [0.2, 0.25) is 5.02 Å². The second-order valence-corrected chi connectivity index (χ2v) is 10.6. The Hall–Kier alpha value is -3.84. The van der Waals surface area contributed by atoms with Gasteiger partial charge in [0.2, 0.25) is 5.91 Å². The summed E-state index contributed by atoms with van der Waals surface area (Å²) in [5, 5.41) is 8.33. The van der Waals surface area contributed by atoms with E-state index in [4.69, 9.17) is 21.1 Å².